The molecule has 1 atom stereocenters. The van der Waals surface area contributed by atoms with Crippen LogP contribution in [-0.2, 0) is 6.42 Å². The molecule has 17 heavy (non-hydrogen) atoms. The fourth-order valence-electron chi connectivity index (χ4n) is 2.31. The van der Waals surface area contributed by atoms with E-state index in [1.807, 2.05) is 0 Å². The fourth-order valence-corrected chi connectivity index (χ4v) is 2.55. The van der Waals surface area contributed by atoms with Gasteiger partial charge in [0, 0.05) is 11.4 Å². The van der Waals surface area contributed by atoms with Gasteiger partial charge in [-0.05, 0) is 49.5 Å². The highest BCUT2D eigenvalue weighted by molar-refractivity contribution is 6.31. The lowest BCUT2D eigenvalue weighted by Crippen LogP contribution is -2.35. The van der Waals surface area contributed by atoms with Crippen LogP contribution in [-0.4, -0.2) is 24.3 Å². The zero-order chi connectivity index (χ0) is 12.3. The number of piperidine rings is 1. The minimum Gasteiger partial charge on any atom is -0.392 e. The second-order valence-electron chi connectivity index (χ2n) is 4.59. The van der Waals surface area contributed by atoms with Gasteiger partial charge in [0.15, 0.2) is 0 Å². The Labute approximate surface area is 106 Å². The molecule has 1 aromatic rings. The average molecular weight is 258 g/mol. The molecule has 1 aromatic carbocycles. The fraction of sp³-hybridized carbons (Fsp3) is 0.538. The van der Waals surface area contributed by atoms with E-state index in [4.69, 9.17) is 11.6 Å². The van der Waals surface area contributed by atoms with Crippen molar-refractivity contribution in [3.05, 3.63) is 34.6 Å². The topological polar surface area (TPSA) is 32.3 Å². The largest absolute Gasteiger partial charge is 0.392 e. The molecule has 1 fully saturated rings. The summed E-state index contributed by atoms with van der Waals surface area (Å²) in [6.45, 7) is 1.91. The van der Waals surface area contributed by atoms with Gasteiger partial charge in [0.05, 0.1) is 6.10 Å². The van der Waals surface area contributed by atoms with Crippen LogP contribution < -0.4 is 5.32 Å². The van der Waals surface area contributed by atoms with Gasteiger partial charge >= 0.3 is 0 Å². The third kappa shape index (κ3) is 3.41. The highest BCUT2D eigenvalue weighted by atomic mass is 35.5. The predicted molar refractivity (Wildman–Crippen MR) is 66.7 cm³/mol. The molecule has 2 N–H and O–H groups in total. The monoisotopic (exact) mass is 257 g/mol. The lowest BCUT2D eigenvalue weighted by Gasteiger charge is -2.27. The maximum absolute atomic E-state index is 12.9. The molecule has 0 bridgehead atoms. The van der Waals surface area contributed by atoms with Crippen molar-refractivity contribution < 1.29 is 9.50 Å². The molecule has 1 saturated heterocycles. The molecule has 2 nitrogen and oxygen atoms in total. The summed E-state index contributed by atoms with van der Waals surface area (Å²) in [6.07, 6.45) is 2.09. The SMILES string of the molecule is OC(Cc1ccc(F)cc1Cl)C1CCNCC1. The maximum Gasteiger partial charge on any atom is 0.124 e. The highest BCUT2D eigenvalue weighted by Gasteiger charge is 2.22. The first-order valence-corrected chi connectivity index (χ1v) is 6.37. The van der Waals surface area contributed by atoms with E-state index in [1.165, 1.54) is 12.1 Å². The molecule has 0 radical (unpaired) electrons. The van der Waals surface area contributed by atoms with Gasteiger partial charge in [-0.3, -0.25) is 0 Å². The number of hydrogen-bond acceptors (Lipinski definition) is 2. The van der Waals surface area contributed by atoms with E-state index in [1.54, 1.807) is 6.07 Å². The third-order valence-corrected chi connectivity index (χ3v) is 3.72. The van der Waals surface area contributed by atoms with Crippen LogP contribution in [0.15, 0.2) is 18.2 Å². The lowest BCUT2D eigenvalue weighted by atomic mass is 9.88. The molecule has 1 unspecified atom stereocenters. The zero-order valence-electron chi connectivity index (χ0n) is 9.63. The molecular weight excluding hydrogens is 241 g/mol. The van der Waals surface area contributed by atoms with Gasteiger partial charge in [-0.15, -0.1) is 0 Å². The number of benzene rings is 1. The van der Waals surface area contributed by atoms with Crippen molar-refractivity contribution in [2.75, 3.05) is 13.1 Å². The van der Waals surface area contributed by atoms with Gasteiger partial charge < -0.3 is 10.4 Å². The Hall–Kier alpha value is -0.640. The minimum atomic E-state index is -0.389. The van der Waals surface area contributed by atoms with Crippen LogP contribution in [0.5, 0.6) is 0 Å². The summed E-state index contributed by atoms with van der Waals surface area (Å²) in [6, 6.07) is 4.34. The molecule has 0 aromatic heterocycles. The van der Waals surface area contributed by atoms with Crippen molar-refractivity contribution in [1.29, 1.82) is 0 Å². The first kappa shape index (κ1) is 12.8. The van der Waals surface area contributed by atoms with Crippen molar-refractivity contribution in [2.24, 2.45) is 5.92 Å². The Bertz CT molecular complexity index is 380. The number of aliphatic hydroxyl groups is 1. The second kappa shape index (κ2) is 5.80. The Kier molecular flexibility index (Phi) is 4.37. The molecule has 1 heterocycles. The van der Waals surface area contributed by atoms with Gasteiger partial charge in [0.1, 0.15) is 5.82 Å². The molecule has 0 amide bonds. The molecule has 0 aliphatic carbocycles. The summed E-state index contributed by atoms with van der Waals surface area (Å²) >= 11 is 5.95. The van der Waals surface area contributed by atoms with E-state index in [0.29, 0.717) is 17.4 Å². The first-order valence-electron chi connectivity index (χ1n) is 5.99. The van der Waals surface area contributed by atoms with Crippen LogP contribution >= 0.6 is 11.6 Å². The normalized spacial score (nSPS) is 19.2. The Balaban J connectivity index is 1.99. The minimum absolute atomic E-state index is 0.317. The molecule has 4 heteroatoms. The molecule has 0 spiro atoms. The van der Waals surface area contributed by atoms with E-state index in [-0.39, 0.29) is 11.9 Å². The standard InChI is InChI=1S/C13H17ClFNO/c14-12-8-11(15)2-1-10(12)7-13(17)9-3-5-16-6-4-9/h1-2,8-9,13,16-17H,3-7H2. The van der Waals surface area contributed by atoms with Gasteiger partial charge in [-0.1, -0.05) is 17.7 Å². The van der Waals surface area contributed by atoms with E-state index >= 15 is 0 Å². The average Bonchev–Trinajstić information content (AvgIpc) is 2.34. The molecule has 1 aliphatic heterocycles. The molecule has 1 aliphatic rings. The van der Waals surface area contributed by atoms with Crippen LogP contribution in [0.1, 0.15) is 18.4 Å². The summed E-state index contributed by atoms with van der Waals surface area (Å²) in [5.74, 6) is -0.0209. The number of hydrogen-bond donors (Lipinski definition) is 2. The molecule has 94 valence electrons. The van der Waals surface area contributed by atoms with Crippen molar-refractivity contribution in [3.8, 4) is 0 Å². The van der Waals surface area contributed by atoms with Crippen LogP contribution in [0.25, 0.3) is 0 Å². The van der Waals surface area contributed by atoms with E-state index in [9.17, 15) is 9.50 Å². The zero-order valence-corrected chi connectivity index (χ0v) is 10.4. The van der Waals surface area contributed by atoms with Crippen LogP contribution in [0, 0.1) is 11.7 Å². The van der Waals surface area contributed by atoms with Crippen molar-refractivity contribution in [2.45, 2.75) is 25.4 Å². The van der Waals surface area contributed by atoms with Gasteiger partial charge in [-0.25, -0.2) is 4.39 Å². The maximum atomic E-state index is 12.9. The Morgan fingerprint density at radius 1 is 1.41 bits per heavy atom. The third-order valence-electron chi connectivity index (χ3n) is 3.37. The lowest BCUT2D eigenvalue weighted by molar-refractivity contribution is 0.0890. The van der Waals surface area contributed by atoms with E-state index in [0.717, 1.165) is 31.5 Å². The molecular formula is C13H17ClFNO. The van der Waals surface area contributed by atoms with E-state index in [2.05, 4.69) is 5.32 Å². The van der Waals surface area contributed by atoms with Crippen LogP contribution in [0.3, 0.4) is 0 Å². The summed E-state index contributed by atoms with van der Waals surface area (Å²) in [5.41, 5.74) is 0.819. The summed E-state index contributed by atoms with van der Waals surface area (Å²) in [5, 5.41) is 13.8. The van der Waals surface area contributed by atoms with Crippen LogP contribution in [0.4, 0.5) is 4.39 Å². The summed E-state index contributed by atoms with van der Waals surface area (Å²) < 4.78 is 12.9. The summed E-state index contributed by atoms with van der Waals surface area (Å²) in [4.78, 5) is 0. The Morgan fingerprint density at radius 3 is 2.76 bits per heavy atom. The summed E-state index contributed by atoms with van der Waals surface area (Å²) in [7, 11) is 0. The van der Waals surface area contributed by atoms with Crippen molar-refractivity contribution in [1.82, 2.24) is 5.32 Å². The first-order chi connectivity index (χ1) is 8.16. The van der Waals surface area contributed by atoms with Gasteiger partial charge in [0.25, 0.3) is 0 Å². The highest BCUT2D eigenvalue weighted by Crippen LogP contribution is 2.24. The van der Waals surface area contributed by atoms with E-state index < -0.39 is 0 Å². The smallest absolute Gasteiger partial charge is 0.124 e. The number of nitrogens with one attached hydrogen (secondary N) is 1. The van der Waals surface area contributed by atoms with Gasteiger partial charge in [0.2, 0.25) is 0 Å². The van der Waals surface area contributed by atoms with Crippen LogP contribution in [0.2, 0.25) is 5.02 Å². The second-order valence-corrected chi connectivity index (χ2v) is 5.00. The van der Waals surface area contributed by atoms with Gasteiger partial charge in [-0.2, -0.15) is 0 Å². The Morgan fingerprint density at radius 2 is 2.12 bits per heavy atom. The number of rotatable bonds is 3. The number of aliphatic hydroxyl groups excluding tert-OH is 1. The quantitative estimate of drug-likeness (QED) is 0.872. The van der Waals surface area contributed by atoms with Crippen molar-refractivity contribution in [3.63, 3.8) is 0 Å². The predicted octanol–water partition coefficient (Wildman–Crippen LogP) is 2.38. The number of halogens is 2. The van der Waals surface area contributed by atoms with Crippen molar-refractivity contribution >= 4 is 11.6 Å². The molecule has 0 saturated carbocycles. The molecule has 2 rings (SSSR count).